The van der Waals surface area contributed by atoms with E-state index in [0.717, 1.165) is 11.5 Å². The summed E-state index contributed by atoms with van der Waals surface area (Å²) in [6.07, 6.45) is 4.58. The fourth-order valence-electron chi connectivity index (χ4n) is 2.70. The lowest BCUT2D eigenvalue weighted by Crippen LogP contribution is -2.38. The molecule has 1 fully saturated rings. The molecular weight excluding hydrogens is 284 g/mol. The standard InChI is InChI=1S/C15H20N4O3/c20-13-8-18(10-14-2-1-5-22-14)3-4-19(9-13)15(21)6-12-7-16-11-17-12/h1-2,5,7,11,13,20H,3-4,6,8-10H2,(H,16,17)/t13-/m0/s1. The number of aliphatic hydroxyl groups is 1. The summed E-state index contributed by atoms with van der Waals surface area (Å²) in [6.45, 7) is 2.86. The lowest BCUT2D eigenvalue weighted by atomic mass is 10.2. The maximum absolute atomic E-state index is 12.3. The number of aromatic nitrogens is 2. The Morgan fingerprint density at radius 2 is 2.36 bits per heavy atom. The first-order chi connectivity index (χ1) is 10.7. The Hall–Kier alpha value is -2.12. The van der Waals surface area contributed by atoms with Crippen molar-refractivity contribution < 1.29 is 14.3 Å². The van der Waals surface area contributed by atoms with E-state index in [1.54, 1.807) is 23.7 Å². The second kappa shape index (κ2) is 6.76. The molecule has 2 aromatic rings. The zero-order valence-electron chi connectivity index (χ0n) is 12.3. The van der Waals surface area contributed by atoms with Crippen molar-refractivity contribution in [3.63, 3.8) is 0 Å². The van der Waals surface area contributed by atoms with Gasteiger partial charge in [-0.05, 0) is 12.1 Å². The summed E-state index contributed by atoms with van der Waals surface area (Å²) in [5.74, 6) is 0.868. The first-order valence-electron chi connectivity index (χ1n) is 7.38. The van der Waals surface area contributed by atoms with Gasteiger partial charge in [0.1, 0.15) is 5.76 Å². The van der Waals surface area contributed by atoms with Gasteiger partial charge in [0, 0.05) is 38.1 Å². The summed E-state index contributed by atoms with van der Waals surface area (Å²) >= 11 is 0. The van der Waals surface area contributed by atoms with Crippen LogP contribution in [0.3, 0.4) is 0 Å². The number of hydrogen-bond acceptors (Lipinski definition) is 5. The maximum atomic E-state index is 12.3. The largest absolute Gasteiger partial charge is 0.468 e. The minimum absolute atomic E-state index is 0.00292. The summed E-state index contributed by atoms with van der Waals surface area (Å²) in [4.78, 5) is 23.0. The molecule has 1 amide bonds. The van der Waals surface area contributed by atoms with Gasteiger partial charge < -0.3 is 19.4 Å². The Bertz CT molecular complexity index is 582. The van der Waals surface area contributed by atoms with Gasteiger partial charge in [-0.3, -0.25) is 9.69 Å². The quantitative estimate of drug-likeness (QED) is 0.846. The van der Waals surface area contributed by atoms with E-state index < -0.39 is 6.10 Å². The molecule has 0 bridgehead atoms. The predicted molar refractivity (Wildman–Crippen MR) is 78.9 cm³/mol. The second-order valence-electron chi connectivity index (χ2n) is 5.56. The minimum Gasteiger partial charge on any atom is -0.468 e. The molecule has 7 heteroatoms. The van der Waals surface area contributed by atoms with E-state index >= 15 is 0 Å². The third-order valence-corrected chi connectivity index (χ3v) is 3.80. The van der Waals surface area contributed by atoms with Gasteiger partial charge in [-0.15, -0.1) is 0 Å². The van der Waals surface area contributed by atoms with Crippen LogP contribution in [0.1, 0.15) is 11.5 Å². The second-order valence-corrected chi connectivity index (χ2v) is 5.56. The highest BCUT2D eigenvalue weighted by atomic mass is 16.3. The van der Waals surface area contributed by atoms with E-state index in [9.17, 15) is 9.90 Å². The average Bonchev–Trinajstić information content (AvgIpc) is 3.13. The Labute approximate surface area is 128 Å². The number of imidazole rings is 1. The van der Waals surface area contributed by atoms with Crippen molar-refractivity contribution in [3.8, 4) is 0 Å². The van der Waals surface area contributed by atoms with Gasteiger partial charge in [0.2, 0.25) is 5.91 Å². The number of furan rings is 1. The van der Waals surface area contributed by atoms with Crippen molar-refractivity contribution in [3.05, 3.63) is 42.4 Å². The number of nitrogens with zero attached hydrogens (tertiary/aromatic N) is 3. The topological polar surface area (TPSA) is 85.6 Å². The number of rotatable bonds is 4. The number of carbonyl (C=O) groups is 1. The zero-order chi connectivity index (χ0) is 15.4. The number of hydrogen-bond donors (Lipinski definition) is 2. The van der Waals surface area contributed by atoms with Crippen LogP contribution in [0.2, 0.25) is 0 Å². The van der Waals surface area contributed by atoms with Crippen molar-refractivity contribution >= 4 is 5.91 Å². The molecule has 0 saturated carbocycles. The van der Waals surface area contributed by atoms with Crippen LogP contribution in [0, 0.1) is 0 Å². The van der Waals surface area contributed by atoms with Crippen molar-refractivity contribution in [2.45, 2.75) is 19.1 Å². The molecule has 22 heavy (non-hydrogen) atoms. The third kappa shape index (κ3) is 3.75. The van der Waals surface area contributed by atoms with E-state index in [2.05, 4.69) is 14.9 Å². The molecule has 3 heterocycles. The van der Waals surface area contributed by atoms with Gasteiger partial charge in [0.25, 0.3) is 0 Å². The number of aliphatic hydroxyl groups excluding tert-OH is 1. The highest BCUT2D eigenvalue weighted by molar-refractivity contribution is 5.78. The summed E-state index contributed by atoms with van der Waals surface area (Å²) in [5.41, 5.74) is 0.788. The van der Waals surface area contributed by atoms with Gasteiger partial charge in [0.05, 0.1) is 31.7 Å². The van der Waals surface area contributed by atoms with Crippen LogP contribution in [0.5, 0.6) is 0 Å². The normalized spacial score (nSPS) is 20.0. The summed E-state index contributed by atoms with van der Waals surface area (Å²) in [5, 5.41) is 10.1. The third-order valence-electron chi connectivity index (χ3n) is 3.80. The van der Waals surface area contributed by atoms with E-state index in [4.69, 9.17) is 4.42 Å². The fraction of sp³-hybridized carbons (Fsp3) is 0.467. The van der Waals surface area contributed by atoms with Gasteiger partial charge in [0.15, 0.2) is 0 Å². The Morgan fingerprint density at radius 3 is 3.09 bits per heavy atom. The molecule has 1 atom stereocenters. The average molecular weight is 304 g/mol. The van der Waals surface area contributed by atoms with Crippen LogP contribution in [-0.4, -0.2) is 63.1 Å². The highest BCUT2D eigenvalue weighted by Gasteiger charge is 2.25. The van der Waals surface area contributed by atoms with Gasteiger partial charge >= 0.3 is 0 Å². The number of nitrogens with one attached hydrogen (secondary N) is 1. The molecule has 0 radical (unpaired) electrons. The SMILES string of the molecule is O=C(Cc1cnc[nH]1)N1CCN(Cc2ccco2)C[C@H](O)C1. The number of H-pyrrole nitrogens is 1. The van der Waals surface area contributed by atoms with Crippen LogP contribution in [-0.2, 0) is 17.8 Å². The number of amides is 1. The summed E-state index contributed by atoms with van der Waals surface area (Å²) in [7, 11) is 0. The van der Waals surface area contributed by atoms with Crippen molar-refractivity contribution in [1.82, 2.24) is 19.8 Å². The number of carbonyl (C=O) groups excluding carboxylic acids is 1. The monoisotopic (exact) mass is 304 g/mol. The number of β-amino-alcohol motifs (C(OH)–C–C–N with tert-alkyl or cyclic N) is 1. The molecule has 0 aliphatic carbocycles. The minimum atomic E-state index is -0.553. The van der Waals surface area contributed by atoms with Crippen LogP contribution in [0.4, 0.5) is 0 Å². The number of aromatic amines is 1. The molecule has 1 aliphatic rings. The molecular formula is C15H20N4O3. The fourth-order valence-corrected chi connectivity index (χ4v) is 2.70. The Morgan fingerprint density at radius 1 is 1.45 bits per heavy atom. The van der Waals surface area contributed by atoms with E-state index in [1.807, 2.05) is 12.1 Å². The van der Waals surface area contributed by atoms with Crippen LogP contribution >= 0.6 is 0 Å². The van der Waals surface area contributed by atoms with Gasteiger partial charge in [-0.25, -0.2) is 4.98 Å². The molecule has 0 aromatic carbocycles. The Kier molecular flexibility index (Phi) is 4.55. The molecule has 0 spiro atoms. The molecule has 0 unspecified atom stereocenters. The van der Waals surface area contributed by atoms with Crippen molar-refractivity contribution in [2.24, 2.45) is 0 Å². The van der Waals surface area contributed by atoms with Gasteiger partial charge in [-0.1, -0.05) is 0 Å². The van der Waals surface area contributed by atoms with E-state index in [1.165, 1.54) is 0 Å². The van der Waals surface area contributed by atoms with Crippen LogP contribution < -0.4 is 0 Å². The zero-order valence-corrected chi connectivity index (χ0v) is 12.3. The smallest absolute Gasteiger partial charge is 0.228 e. The van der Waals surface area contributed by atoms with E-state index in [0.29, 0.717) is 32.7 Å². The molecule has 2 aromatic heterocycles. The highest BCUT2D eigenvalue weighted by Crippen LogP contribution is 2.11. The lowest BCUT2D eigenvalue weighted by molar-refractivity contribution is -0.131. The van der Waals surface area contributed by atoms with Crippen LogP contribution in [0.25, 0.3) is 0 Å². The molecule has 1 saturated heterocycles. The van der Waals surface area contributed by atoms with Crippen LogP contribution in [0.15, 0.2) is 35.3 Å². The first kappa shape index (κ1) is 14.8. The van der Waals surface area contributed by atoms with Crippen molar-refractivity contribution in [2.75, 3.05) is 26.2 Å². The Balaban J connectivity index is 1.57. The molecule has 3 rings (SSSR count). The maximum Gasteiger partial charge on any atom is 0.228 e. The lowest BCUT2D eigenvalue weighted by Gasteiger charge is -2.21. The predicted octanol–water partition coefficient (Wildman–Crippen LogP) is 0.250. The molecule has 2 N–H and O–H groups in total. The molecule has 118 valence electrons. The summed E-state index contributed by atoms with van der Waals surface area (Å²) in [6, 6.07) is 3.77. The van der Waals surface area contributed by atoms with Crippen molar-refractivity contribution in [1.29, 1.82) is 0 Å². The van der Waals surface area contributed by atoms with Gasteiger partial charge in [-0.2, -0.15) is 0 Å². The summed E-state index contributed by atoms with van der Waals surface area (Å²) < 4.78 is 5.34. The molecule has 7 nitrogen and oxygen atoms in total. The molecule has 1 aliphatic heterocycles. The van der Waals surface area contributed by atoms with E-state index in [-0.39, 0.29) is 12.3 Å². The first-order valence-corrected chi connectivity index (χ1v) is 7.38.